The average Bonchev–Trinajstić information content (AvgIpc) is 2.31. The average molecular weight is 154 g/mol. The van der Waals surface area contributed by atoms with Crippen molar-refractivity contribution in [2.24, 2.45) is 0 Å². The SMILES string of the molecule is COC(C)c1cc(C)c(C)o1. The fraction of sp³-hybridized carbons (Fsp3) is 0.556. The summed E-state index contributed by atoms with van der Waals surface area (Å²) in [7, 11) is 1.68. The molecule has 0 N–H and O–H groups in total. The van der Waals surface area contributed by atoms with Crippen molar-refractivity contribution < 1.29 is 9.15 Å². The highest BCUT2D eigenvalue weighted by atomic mass is 16.5. The minimum absolute atomic E-state index is 0.0578. The normalized spacial score (nSPS) is 13.5. The topological polar surface area (TPSA) is 22.4 Å². The smallest absolute Gasteiger partial charge is 0.132 e. The summed E-state index contributed by atoms with van der Waals surface area (Å²) in [6, 6.07) is 2.02. The van der Waals surface area contributed by atoms with Crippen molar-refractivity contribution in [2.75, 3.05) is 7.11 Å². The third-order valence-corrected chi connectivity index (χ3v) is 1.94. The summed E-state index contributed by atoms with van der Waals surface area (Å²) in [5.74, 6) is 1.88. The van der Waals surface area contributed by atoms with Gasteiger partial charge in [0.1, 0.15) is 17.6 Å². The van der Waals surface area contributed by atoms with E-state index in [1.165, 1.54) is 5.56 Å². The molecule has 1 aromatic heterocycles. The molecule has 11 heavy (non-hydrogen) atoms. The molecule has 0 fully saturated rings. The molecule has 1 unspecified atom stereocenters. The molecule has 0 aliphatic heterocycles. The van der Waals surface area contributed by atoms with Crippen molar-refractivity contribution in [1.29, 1.82) is 0 Å². The van der Waals surface area contributed by atoms with Crippen LogP contribution in [0, 0.1) is 13.8 Å². The van der Waals surface area contributed by atoms with Gasteiger partial charge < -0.3 is 9.15 Å². The van der Waals surface area contributed by atoms with Crippen LogP contribution in [-0.4, -0.2) is 7.11 Å². The Bertz CT molecular complexity index is 218. The number of aryl methyl sites for hydroxylation is 2. The van der Waals surface area contributed by atoms with E-state index >= 15 is 0 Å². The minimum Gasteiger partial charge on any atom is -0.463 e. The molecule has 62 valence electrons. The first-order chi connectivity index (χ1) is 5.15. The van der Waals surface area contributed by atoms with Crippen LogP contribution in [0.5, 0.6) is 0 Å². The second-order valence-electron chi connectivity index (χ2n) is 2.77. The molecule has 0 bridgehead atoms. The number of methoxy groups -OCH3 is 1. The molecule has 0 aromatic carbocycles. The summed E-state index contributed by atoms with van der Waals surface area (Å²) in [5.41, 5.74) is 1.18. The van der Waals surface area contributed by atoms with Gasteiger partial charge >= 0.3 is 0 Å². The molecule has 2 nitrogen and oxygen atoms in total. The standard InChI is InChI=1S/C9H14O2/c1-6-5-9(8(3)10-4)11-7(6)2/h5,8H,1-4H3. The molecule has 2 heteroatoms. The van der Waals surface area contributed by atoms with Gasteiger partial charge in [-0.15, -0.1) is 0 Å². The van der Waals surface area contributed by atoms with E-state index in [0.29, 0.717) is 0 Å². The molecule has 0 aliphatic carbocycles. The molecule has 0 amide bonds. The van der Waals surface area contributed by atoms with Crippen molar-refractivity contribution in [3.05, 3.63) is 23.2 Å². The number of hydrogen-bond acceptors (Lipinski definition) is 2. The fourth-order valence-corrected chi connectivity index (χ4v) is 0.918. The lowest BCUT2D eigenvalue weighted by Crippen LogP contribution is -1.92. The quantitative estimate of drug-likeness (QED) is 0.653. The molecular weight excluding hydrogens is 140 g/mol. The van der Waals surface area contributed by atoms with E-state index in [-0.39, 0.29) is 6.10 Å². The molecule has 1 rings (SSSR count). The van der Waals surface area contributed by atoms with Gasteiger partial charge in [0.05, 0.1) is 0 Å². The van der Waals surface area contributed by atoms with E-state index < -0.39 is 0 Å². The summed E-state index contributed by atoms with van der Waals surface area (Å²) in [5, 5.41) is 0. The Morgan fingerprint density at radius 2 is 2.09 bits per heavy atom. The van der Waals surface area contributed by atoms with Crippen LogP contribution in [0.15, 0.2) is 10.5 Å². The van der Waals surface area contributed by atoms with Crippen LogP contribution in [0.2, 0.25) is 0 Å². The van der Waals surface area contributed by atoms with Crippen molar-refractivity contribution in [2.45, 2.75) is 26.9 Å². The maximum Gasteiger partial charge on any atom is 0.132 e. The van der Waals surface area contributed by atoms with E-state index in [0.717, 1.165) is 11.5 Å². The third kappa shape index (κ3) is 1.63. The van der Waals surface area contributed by atoms with Crippen molar-refractivity contribution in [3.63, 3.8) is 0 Å². The van der Waals surface area contributed by atoms with Gasteiger partial charge in [-0.2, -0.15) is 0 Å². The van der Waals surface area contributed by atoms with Gasteiger partial charge in [0.15, 0.2) is 0 Å². The summed E-state index contributed by atoms with van der Waals surface area (Å²) in [4.78, 5) is 0. The Hall–Kier alpha value is -0.760. The van der Waals surface area contributed by atoms with Crippen molar-refractivity contribution in [1.82, 2.24) is 0 Å². The highest BCUT2D eigenvalue weighted by molar-refractivity contribution is 5.19. The van der Waals surface area contributed by atoms with Crippen LogP contribution in [0.25, 0.3) is 0 Å². The highest BCUT2D eigenvalue weighted by Gasteiger charge is 2.09. The van der Waals surface area contributed by atoms with Crippen LogP contribution < -0.4 is 0 Å². The predicted octanol–water partition coefficient (Wildman–Crippen LogP) is 2.60. The van der Waals surface area contributed by atoms with Gasteiger partial charge in [0.2, 0.25) is 0 Å². The summed E-state index contributed by atoms with van der Waals surface area (Å²) < 4.78 is 10.6. The second kappa shape index (κ2) is 3.09. The monoisotopic (exact) mass is 154 g/mol. The first kappa shape index (κ1) is 8.34. The van der Waals surface area contributed by atoms with Gasteiger partial charge in [-0.25, -0.2) is 0 Å². The Morgan fingerprint density at radius 1 is 1.45 bits per heavy atom. The Morgan fingerprint density at radius 3 is 2.45 bits per heavy atom. The zero-order valence-corrected chi connectivity index (χ0v) is 7.47. The Labute approximate surface area is 67.2 Å². The number of furan rings is 1. The summed E-state index contributed by atoms with van der Waals surface area (Å²) in [6.07, 6.45) is 0.0578. The molecular formula is C9H14O2. The predicted molar refractivity (Wildman–Crippen MR) is 43.6 cm³/mol. The van der Waals surface area contributed by atoms with Crippen LogP contribution in [0.1, 0.15) is 30.1 Å². The first-order valence-electron chi connectivity index (χ1n) is 3.75. The minimum atomic E-state index is 0.0578. The van der Waals surface area contributed by atoms with Crippen LogP contribution >= 0.6 is 0 Å². The first-order valence-corrected chi connectivity index (χ1v) is 3.75. The van der Waals surface area contributed by atoms with Gasteiger partial charge in [-0.1, -0.05) is 0 Å². The number of rotatable bonds is 2. The lowest BCUT2D eigenvalue weighted by atomic mass is 10.2. The fourth-order valence-electron chi connectivity index (χ4n) is 0.918. The number of hydrogen-bond donors (Lipinski definition) is 0. The van der Waals surface area contributed by atoms with Crippen LogP contribution in [-0.2, 0) is 4.74 Å². The molecule has 0 saturated heterocycles. The van der Waals surface area contributed by atoms with Crippen LogP contribution in [0.4, 0.5) is 0 Å². The van der Waals surface area contributed by atoms with E-state index in [9.17, 15) is 0 Å². The van der Waals surface area contributed by atoms with E-state index in [4.69, 9.17) is 9.15 Å². The lowest BCUT2D eigenvalue weighted by Gasteiger charge is -2.03. The highest BCUT2D eigenvalue weighted by Crippen LogP contribution is 2.21. The zero-order chi connectivity index (χ0) is 8.43. The van der Waals surface area contributed by atoms with Crippen molar-refractivity contribution >= 4 is 0 Å². The van der Waals surface area contributed by atoms with Gasteiger partial charge in [0.25, 0.3) is 0 Å². The number of ether oxygens (including phenoxy) is 1. The summed E-state index contributed by atoms with van der Waals surface area (Å²) in [6.45, 7) is 5.96. The third-order valence-electron chi connectivity index (χ3n) is 1.94. The van der Waals surface area contributed by atoms with Crippen LogP contribution in [0.3, 0.4) is 0 Å². The van der Waals surface area contributed by atoms with Gasteiger partial charge in [-0.3, -0.25) is 0 Å². The summed E-state index contributed by atoms with van der Waals surface area (Å²) >= 11 is 0. The van der Waals surface area contributed by atoms with E-state index in [2.05, 4.69) is 0 Å². The molecule has 0 radical (unpaired) electrons. The largest absolute Gasteiger partial charge is 0.463 e. The Kier molecular flexibility index (Phi) is 2.35. The van der Waals surface area contributed by atoms with Crippen molar-refractivity contribution in [3.8, 4) is 0 Å². The van der Waals surface area contributed by atoms with Gasteiger partial charge in [-0.05, 0) is 32.4 Å². The Balaban J connectivity index is 2.88. The molecule has 1 aromatic rings. The second-order valence-corrected chi connectivity index (χ2v) is 2.77. The maximum atomic E-state index is 5.44. The lowest BCUT2D eigenvalue weighted by molar-refractivity contribution is 0.0987. The zero-order valence-electron chi connectivity index (χ0n) is 7.47. The molecule has 1 heterocycles. The van der Waals surface area contributed by atoms with E-state index in [1.807, 2.05) is 26.8 Å². The maximum absolute atomic E-state index is 5.44. The molecule has 0 spiro atoms. The van der Waals surface area contributed by atoms with Gasteiger partial charge in [0, 0.05) is 7.11 Å². The molecule has 0 aliphatic rings. The molecule has 0 saturated carbocycles. The van der Waals surface area contributed by atoms with E-state index in [1.54, 1.807) is 7.11 Å². The molecule has 1 atom stereocenters.